The summed E-state index contributed by atoms with van der Waals surface area (Å²) in [7, 11) is 5.09. The van der Waals surface area contributed by atoms with E-state index in [-0.39, 0.29) is 12.1 Å². The molecule has 2 amide bonds. The molecule has 1 N–H and O–H groups in total. The Hall–Kier alpha value is -2.77. The Morgan fingerprint density at radius 1 is 1.24 bits per heavy atom. The summed E-state index contributed by atoms with van der Waals surface area (Å²) >= 11 is 0. The zero-order chi connectivity index (χ0) is 18.0. The van der Waals surface area contributed by atoms with Crippen molar-refractivity contribution in [2.24, 2.45) is 7.05 Å². The Kier molecular flexibility index (Phi) is 4.78. The first-order chi connectivity index (χ1) is 12.0. The van der Waals surface area contributed by atoms with Crippen LogP contribution in [0.5, 0.6) is 11.5 Å². The summed E-state index contributed by atoms with van der Waals surface area (Å²) in [6.07, 6.45) is 2.40. The number of methoxy groups -OCH3 is 2. The van der Waals surface area contributed by atoms with Gasteiger partial charge in [-0.15, -0.1) is 10.2 Å². The molecule has 0 radical (unpaired) electrons. The SMILES string of the molecule is COc1cc2c(cc1OC)CN(C(=O)NC(C)c1nncn1C)CC2. The van der Waals surface area contributed by atoms with Crippen molar-refractivity contribution in [2.45, 2.75) is 25.9 Å². The minimum Gasteiger partial charge on any atom is -0.493 e. The smallest absolute Gasteiger partial charge is 0.318 e. The number of nitrogens with one attached hydrogen (secondary N) is 1. The van der Waals surface area contributed by atoms with Crippen molar-refractivity contribution in [1.29, 1.82) is 0 Å². The standard InChI is InChI=1S/C17H23N5O3/c1-11(16-20-18-10-21(16)2)19-17(23)22-6-5-12-7-14(24-3)15(25-4)8-13(12)9-22/h7-8,10-11H,5-6,9H2,1-4H3,(H,19,23). The van der Waals surface area contributed by atoms with Gasteiger partial charge in [0.15, 0.2) is 17.3 Å². The van der Waals surface area contributed by atoms with Crippen LogP contribution in [-0.2, 0) is 20.0 Å². The molecule has 1 unspecified atom stereocenters. The van der Waals surface area contributed by atoms with E-state index in [0.717, 1.165) is 23.6 Å². The Labute approximate surface area is 146 Å². The van der Waals surface area contributed by atoms with Crippen molar-refractivity contribution in [2.75, 3.05) is 20.8 Å². The maximum Gasteiger partial charge on any atom is 0.318 e. The fraction of sp³-hybridized carbons (Fsp3) is 0.471. The molecule has 1 aromatic heterocycles. The highest BCUT2D eigenvalue weighted by Gasteiger charge is 2.24. The number of ether oxygens (including phenoxy) is 2. The summed E-state index contributed by atoms with van der Waals surface area (Å²) < 4.78 is 12.5. The summed E-state index contributed by atoms with van der Waals surface area (Å²) in [6, 6.07) is 3.61. The van der Waals surface area contributed by atoms with E-state index < -0.39 is 0 Å². The highest BCUT2D eigenvalue weighted by molar-refractivity contribution is 5.75. The van der Waals surface area contributed by atoms with Crippen molar-refractivity contribution < 1.29 is 14.3 Å². The van der Waals surface area contributed by atoms with E-state index in [9.17, 15) is 4.79 Å². The second-order valence-corrected chi connectivity index (χ2v) is 6.12. The number of carbonyl (C=O) groups excluding carboxylic acids is 1. The number of aryl methyl sites for hydroxylation is 1. The van der Waals surface area contributed by atoms with E-state index in [1.807, 2.05) is 26.1 Å². The second kappa shape index (κ2) is 7.00. The molecule has 0 bridgehead atoms. The first-order valence-corrected chi connectivity index (χ1v) is 8.16. The normalized spacial score (nSPS) is 14.6. The van der Waals surface area contributed by atoms with E-state index in [2.05, 4.69) is 15.5 Å². The Morgan fingerprint density at radius 2 is 1.92 bits per heavy atom. The minimum atomic E-state index is -0.216. The molecule has 1 aromatic carbocycles. The Balaban J connectivity index is 1.71. The highest BCUT2D eigenvalue weighted by atomic mass is 16.5. The van der Waals surface area contributed by atoms with Crippen molar-refractivity contribution in [3.05, 3.63) is 35.4 Å². The van der Waals surface area contributed by atoms with Gasteiger partial charge in [0, 0.05) is 20.1 Å². The van der Waals surface area contributed by atoms with Gasteiger partial charge in [-0.1, -0.05) is 0 Å². The predicted octanol–water partition coefficient (Wildman–Crippen LogP) is 1.66. The van der Waals surface area contributed by atoms with Crippen LogP contribution in [0, 0.1) is 0 Å². The molecule has 1 atom stereocenters. The van der Waals surface area contributed by atoms with Crippen LogP contribution in [0.2, 0.25) is 0 Å². The molecule has 0 saturated heterocycles. The molecule has 25 heavy (non-hydrogen) atoms. The molecule has 2 aromatic rings. The maximum atomic E-state index is 12.6. The molecule has 8 nitrogen and oxygen atoms in total. The molecule has 1 aliphatic heterocycles. The third-order valence-electron chi connectivity index (χ3n) is 4.48. The molecular formula is C17H23N5O3. The van der Waals surface area contributed by atoms with Gasteiger partial charge in [0.1, 0.15) is 6.33 Å². The number of amides is 2. The van der Waals surface area contributed by atoms with Gasteiger partial charge in [-0.25, -0.2) is 4.79 Å². The van der Waals surface area contributed by atoms with Gasteiger partial charge in [0.2, 0.25) is 0 Å². The maximum absolute atomic E-state index is 12.6. The first kappa shape index (κ1) is 17.1. The van der Waals surface area contributed by atoms with Gasteiger partial charge in [-0.3, -0.25) is 0 Å². The Morgan fingerprint density at radius 3 is 2.52 bits per heavy atom. The number of hydrogen-bond acceptors (Lipinski definition) is 5. The highest BCUT2D eigenvalue weighted by Crippen LogP contribution is 2.33. The summed E-state index contributed by atoms with van der Waals surface area (Å²) in [4.78, 5) is 14.4. The number of rotatable bonds is 4. The van der Waals surface area contributed by atoms with Crippen LogP contribution < -0.4 is 14.8 Å². The molecule has 1 aliphatic rings. The van der Waals surface area contributed by atoms with Gasteiger partial charge in [-0.2, -0.15) is 0 Å². The van der Waals surface area contributed by atoms with Crippen molar-refractivity contribution in [3.63, 3.8) is 0 Å². The van der Waals surface area contributed by atoms with Crippen LogP contribution in [0.1, 0.15) is 29.9 Å². The van der Waals surface area contributed by atoms with Gasteiger partial charge >= 0.3 is 6.03 Å². The average molecular weight is 345 g/mol. The first-order valence-electron chi connectivity index (χ1n) is 8.16. The number of carbonyl (C=O) groups is 1. The largest absolute Gasteiger partial charge is 0.493 e. The predicted molar refractivity (Wildman–Crippen MR) is 91.6 cm³/mol. The molecule has 2 heterocycles. The van der Waals surface area contributed by atoms with Gasteiger partial charge in [0.05, 0.1) is 20.3 Å². The fourth-order valence-electron chi connectivity index (χ4n) is 3.08. The lowest BCUT2D eigenvalue weighted by atomic mass is 9.99. The van der Waals surface area contributed by atoms with Crippen molar-refractivity contribution in [3.8, 4) is 11.5 Å². The van der Waals surface area contributed by atoms with E-state index in [1.165, 1.54) is 5.56 Å². The van der Waals surface area contributed by atoms with Crippen LogP contribution >= 0.6 is 0 Å². The molecule has 3 rings (SSSR count). The zero-order valence-electron chi connectivity index (χ0n) is 14.9. The summed E-state index contributed by atoms with van der Waals surface area (Å²) in [5, 5.41) is 10.9. The Bertz CT molecular complexity index is 774. The number of benzene rings is 1. The molecule has 0 aliphatic carbocycles. The molecule has 134 valence electrons. The monoisotopic (exact) mass is 345 g/mol. The van der Waals surface area contributed by atoms with Crippen LogP contribution in [0.3, 0.4) is 0 Å². The van der Waals surface area contributed by atoms with Crippen LogP contribution in [-0.4, -0.2) is 46.5 Å². The van der Waals surface area contributed by atoms with Gasteiger partial charge in [0.25, 0.3) is 0 Å². The van der Waals surface area contributed by atoms with Crippen LogP contribution in [0.25, 0.3) is 0 Å². The lowest BCUT2D eigenvalue weighted by Gasteiger charge is -2.30. The molecular weight excluding hydrogens is 322 g/mol. The third kappa shape index (κ3) is 3.38. The molecule has 8 heteroatoms. The lowest BCUT2D eigenvalue weighted by Crippen LogP contribution is -2.44. The van der Waals surface area contributed by atoms with Crippen molar-refractivity contribution >= 4 is 6.03 Å². The van der Waals surface area contributed by atoms with Gasteiger partial charge in [-0.05, 0) is 36.6 Å². The number of nitrogens with zero attached hydrogens (tertiary/aromatic N) is 4. The van der Waals surface area contributed by atoms with Gasteiger partial charge < -0.3 is 24.3 Å². The zero-order valence-corrected chi connectivity index (χ0v) is 14.9. The lowest BCUT2D eigenvalue weighted by molar-refractivity contribution is 0.188. The van der Waals surface area contributed by atoms with E-state index in [1.54, 1.807) is 30.0 Å². The molecule has 0 fully saturated rings. The summed E-state index contributed by atoms with van der Waals surface area (Å²) in [5.41, 5.74) is 2.26. The quantitative estimate of drug-likeness (QED) is 0.911. The number of aromatic nitrogens is 3. The van der Waals surface area contributed by atoms with Crippen LogP contribution in [0.4, 0.5) is 4.79 Å². The summed E-state index contributed by atoms with van der Waals surface area (Å²) in [6.45, 7) is 3.08. The third-order valence-corrected chi connectivity index (χ3v) is 4.48. The van der Waals surface area contributed by atoms with E-state index in [0.29, 0.717) is 18.8 Å². The number of urea groups is 1. The summed E-state index contributed by atoms with van der Waals surface area (Å²) in [5.74, 6) is 2.11. The van der Waals surface area contributed by atoms with Crippen LogP contribution in [0.15, 0.2) is 18.5 Å². The van der Waals surface area contributed by atoms with E-state index >= 15 is 0 Å². The molecule has 0 saturated carbocycles. The second-order valence-electron chi connectivity index (χ2n) is 6.12. The number of fused-ring (bicyclic) bond motifs is 1. The average Bonchev–Trinajstić information content (AvgIpc) is 3.05. The minimum absolute atomic E-state index is 0.115. The molecule has 0 spiro atoms. The van der Waals surface area contributed by atoms with E-state index in [4.69, 9.17) is 9.47 Å². The topological polar surface area (TPSA) is 81.5 Å². The number of hydrogen-bond donors (Lipinski definition) is 1. The van der Waals surface area contributed by atoms with Crippen molar-refractivity contribution in [1.82, 2.24) is 25.0 Å². The fourth-order valence-corrected chi connectivity index (χ4v) is 3.08.